The van der Waals surface area contributed by atoms with Crippen molar-refractivity contribution in [1.82, 2.24) is 0 Å². The van der Waals surface area contributed by atoms with Crippen molar-refractivity contribution in [3.05, 3.63) is 68.2 Å². The third-order valence-corrected chi connectivity index (χ3v) is 5.33. The average molecular weight is 400 g/mol. The molecule has 0 saturated carbocycles. The summed E-state index contributed by atoms with van der Waals surface area (Å²) in [6.07, 6.45) is 4.28. The molecule has 3 rings (SSSR count). The molecule has 0 bridgehead atoms. The summed E-state index contributed by atoms with van der Waals surface area (Å²) in [7, 11) is 1.47. The summed E-state index contributed by atoms with van der Waals surface area (Å²) in [6.45, 7) is 5.86. The second kappa shape index (κ2) is 8.41. The fraction of sp³-hybridized carbons (Fsp3) is 0.409. The Balaban J connectivity index is 1.58. The molecule has 1 aliphatic rings. The van der Waals surface area contributed by atoms with E-state index in [1.807, 2.05) is 13.0 Å². The Morgan fingerprint density at radius 2 is 2.07 bits per heavy atom. The standard InChI is InChI=1S/C22H26NO6/c1-14(12-16-7-9-17(10-8-16)23(25)26)21-22(3,29-21)11-5-6-18-15(2)28-20(27-4)13-19(18)24/h7-10,12-13,21,25H,5-6,11H2,1-4H3/q-1. The molecule has 7 heteroatoms. The van der Waals surface area contributed by atoms with Gasteiger partial charge in [-0.15, -0.1) is 0 Å². The zero-order chi connectivity index (χ0) is 21.2. The number of anilines is 1. The van der Waals surface area contributed by atoms with E-state index in [9.17, 15) is 10.0 Å². The molecule has 2 unspecified atom stereocenters. The Bertz CT molecular complexity index is 947. The van der Waals surface area contributed by atoms with Gasteiger partial charge < -0.3 is 24.3 Å². The van der Waals surface area contributed by atoms with E-state index in [1.165, 1.54) is 13.2 Å². The Morgan fingerprint density at radius 3 is 2.66 bits per heavy atom. The van der Waals surface area contributed by atoms with Crippen LogP contribution in [0.25, 0.3) is 6.08 Å². The topological polar surface area (TPSA) is 98.5 Å². The first-order valence-corrected chi connectivity index (χ1v) is 9.53. The predicted molar refractivity (Wildman–Crippen MR) is 110 cm³/mol. The van der Waals surface area contributed by atoms with Gasteiger partial charge in [0.15, 0.2) is 5.43 Å². The molecule has 2 atom stereocenters. The number of epoxide rings is 1. The summed E-state index contributed by atoms with van der Waals surface area (Å²) >= 11 is 0. The van der Waals surface area contributed by atoms with E-state index in [2.05, 4.69) is 6.92 Å². The summed E-state index contributed by atoms with van der Waals surface area (Å²) in [6, 6.07) is 8.03. The second-order valence-corrected chi connectivity index (χ2v) is 7.59. The molecule has 1 N–H and O–H groups in total. The van der Waals surface area contributed by atoms with Crippen LogP contribution in [0.3, 0.4) is 0 Å². The van der Waals surface area contributed by atoms with Crippen molar-refractivity contribution in [3.63, 3.8) is 0 Å². The van der Waals surface area contributed by atoms with E-state index in [1.54, 1.807) is 31.2 Å². The molecule has 0 aliphatic carbocycles. The lowest BCUT2D eigenvalue weighted by Gasteiger charge is -2.21. The van der Waals surface area contributed by atoms with Crippen LogP contribution >= 0.6 is 0 Å². The average Bonchev–Trinajstić information content (AvgIpc) is 3.36. The number of hydrogen-bond donors (Lipinski definition) is 1. The molecule has 0 amide bonds. The summed E-state index contributed by atoms with van der Waals surface area (Å²) in [5, 5.41) is 19.6. The van der Waals surface area contributed by atoms with Crippen molar-refractivity contribution in [2.75, 3.05) is 12.3 Å². The van der Waals surface area contributed by atoms with Crippen LogP contribution in [0.4, 0.5) is 5.69 Å². The SMILES string of the molecule is COc1cc(=O)c(CCCC2(C)OC2C(C)=Cc2ccc(N([O-])O)cc2)c(C)o1. The molecule has 156 valence electrons. The number of ether oxygens (including phenoxy) is 2. The van der Waals surface area contributed by atoms with Crippen LogP contribution in [-0.4, -0.2) is 24.0 Å². The highest BCUT2D eigenvalue weighted by molar-refractivity contribution is 5.58. The van der Waals surface area contributed by atoms with Gasteiger partial charge in [0.2, 0.25) is 0 Å². The number of hydrogen-bond acceptors (Lipinski definition) is 7. The van der Waals surface area contributed by atoms with Gasteiger partial charge in [0.05, 0.1) is 24.5 Å². The van der Waals surface area contributed by atoms with E-state index in [-0.39, 0.29) is 34.0 Å². The maximum atomic E-state index is 12.2. The van der Waals surface area contributed by atoms with Gasteiger partial charge in [-0.2, -0.15) is 0 Å². The van der Waals surface area contributed by atoms with E-state index in [0.29, 0.717) is 17.7 Å². The molecular weight excluding hydrogens is 374 g/mol. The Kier molecular flexibility index (Phi) is 6.12. The van der Waals surface area contributed by atoms with Gasteiger partial charge in [-0.3, -0.25) is 10.0 Å². The largest absolute Gasteiger partial charge is 0.733 e. The summed E-state index contributed by atoms with van der Waals surface area (Å²) in [5.41, 5.74) is 2.56. The van der Waals surface area contributed by atoms with Gasteiger partial charge >= 0.3 is 0 Å². The predicted octanol–water partition coefficient (Wildman–Crippen LogP) is 4.23. The first-order valence-electron chi connectivity index (χ1n) is 9.53. The molecule has 1 aromatic carbocycles. The Labute approximate surface area is 169 Å². The van der Waals surface area contributed by atoms with Gasteiger partial charge in [0, 0.05) is 5.56 Å². The number of rotatable bonds is 8. The van der Waals surface area contributed by atoms with E-state index in [0.717, 1.165) is 24.0 Å². The van der Waals surface area contributed by atoms with Crippen molar-refractivity contribution in [2.24, 2.45) is 0 Å². The monoisotopic (exact) mass is 400 g/mol. The molecule has 1 aromatic heterocycles. The maximum Gasteiger partial charge on any atom is 0.288 e. The van der Waals surface area contributed by atoms with Crippen molar-refractivity contribution < 1.29 is 19.1 Å². The lowest BCUT2D eigenvalue weighted by Crippen LogP contribution is -2.14. The highest BCUT2D eigenvalue weighted by atomic mass is 16.8. The quantitative estimate of drug-likeness (QED) is 0.523. The van der Waals surface area contributed by atoms with Crippen LogP contribution in [0.1, 0.15) is 43.6 Å². The third kappa shape index (κ3) is 4.87. The molecular formula is C22H26NO6-. The van der Waals surface area contributed by atoms with Crippen LogP contribution in [0.15, 0.2) is 45.1 Å². The minimum Gasteiger partial charge on any atom is -0.733 e. The van der Waals surface area contributed by atoms with Crippen LogP contribution in [0.5, 0.6) is 5.95 Å². The molecule has 0 radical (unpaired) electrons. The van der Waals surface area contributed by atoms with Crippen molar-refractivity contribution in [3.8, 4) is 5.95 Å². The zero-order valence-electron chi connectivity index (χ0n) is 17.1. The van der Waals surface area contributed by atoms with E-state index >= 15 is 0 Å². The molecule has 2 aromatic rings. The normalized spacial score (nSPS) is 21.2. The minimum atomic E-state index is -0.252. The molecule has 1 saturated heterocycles. The van der Waals surface area contributed by atoms with Crippen molar-refractivity contribution >= 4 is 11.8 Å². The fourth-order valence-corrected chi connectivity index (χ4v) is 3.66. The summed E-state index contributed by atoms with van der Waals surface area (Å²) in [4.78, 5) is 12.2. The van der Waals surface area contributed by atoms with Crippen LogP contribution in [0, 0.1) is 12.1 Å². The highest BCUT2D eigenvalue weighted by Gasteiger charge is 2.52. The maximum absolute atomic E-state index is 12.2. The van der Waals surface area contributed by atoms with Crippen molar-refractivity contribution in [2.45, 2.75) is 51.7 Å². The van der Waals surface area contributed by atoms with Gasteiger partial charge in [-0.1, -0.05) is 18.2 Å². The number of nitrogens with zero attached hydrogens (tertiary/aromatic N) is 1. The Hall–Kier alpha value is -2.61. The molecule has 7 nitrogen and oxygen atoms in total. The number of methoxy groups -OCH3 is 1. The van der Waals surface area contributed by atoms with Crippen LogP contribution in [0.2, 0.25) is 0 Å². The number of benzene rings is 1. The van der Waals surface area contributed by atoms with Gasteiger partial charge in [0.25, 0.3) is 5.95 Å². The first kappa shape index (κ1) is 21.1. The smallest absolute Gasteiger partial charge is 0.288 e. The van der Waals surface area contributed by atoms with Crippen LogP contribution in [-0.2, 0) is 11.2 Å². The van der Waals surface area contributed by atoms with Gasteiger partial charge in [0.1, 0.15) is 11.9 Å². The second-order valence-electron chi connectivity index (χ2n) is 7.59. The fourth-order valence-electron chi connectivity index (χ4n) is 3.66. The zero-order valence-corrected chi connectivity index (χ0v) is 17.1. The van der Waals surface area contributed by atoms with E-state index in [4.69, 9.17) is 19.1 Å². The van der Waals surface area contributed by atoms with E-state index < -0.39 is 0 Å². The third-order valence-electron chi connectivity index (χ3n) is 5.33. The van der Waals surface area contributed by atoms with Crippen molar-refractivity contribution in [1.29, 1.82) is 0 Å². The van der Waals surface area contributed by atoms with Gasteiger partial charge in [-0.25, -0.2) is 0 Å². The minimum absolute atomic E-state index is 0.0180. The summed E-state index contributed by atoms with van der Waals surface area (Å²) in [5.74, 6) is 0.816. The molecule has 1 fully saturated rings. The number of aryl methyl sites for hydroxylation is 1. The molecule has 29 heavy (non-hydrogen) atoms. The first-order chi connectivity index (χ1) is 13.7. The lowest BCUT2D eigenvalue weighted by atomic mass is 9.94. The van der Waals surface area contributed by atoms with Crippen LogP contribution < -0.4 is 15.4 Å². The molecule has 0 spiro atoms. The molecule has 1 aliphatic heterocycles. The molecule has 2 heterocycles. The van der Waals surface area contributed by atoms with Gasteiger partial charge in [-0.05, 0) is 63.3 Å². The summed E-state index contributed by atoms with van der Waals surface area (Å²) < 4.78 is 16.4. The Morgan fingerprint density at radius 1 is 1.38 bits per heavy atom. The highest BCUT2D eigenvalue weighted by Crippen LogP contribution is 2.45. The lowest BCUT2D eigenvalue weighted by molar-refractivity contribution is 0.284.